The number of hydrogen-bond donors (Lipinski definition) is 4. The van der Waals surface area contributed by atoms with Crippen molar-refractivity contribution in [3.63, 3.8) is 0 Å². The molecule has 0 aromatic heterocycles. The number of aliphatic hydroxyl groups is 1. The zero-order chi connectivity index (χ0) is 25.6. The molecule has 0 unspecified atom stereocenters. The number of carbonyl (C=O) groups is 2. The Morgan fingerprint density at radius 1 is 1.03 bits per heavy atom. The van der Waals surface area contributed by atoms with Crippen LogP contribution in [0.1, 0.15) is 18.6 Å². The van der Waals surface area contributed by atoms with E-state index in [1.165, 1.54) is 18.7 Å². The van der Waals surface area contributed by atoms with Crippen molar-refractivity contribution < 1.29 is 38.9 Å². The summed E-state index contributed by atoms with van der Waals surface area (Å²) in [7, 11) is 3.01. The summed E-state index contributed by atoms with van der Waals surface area (Å²) >= 11 is 0. The van der Waals surface area contributed by atoms with Crippen LogP contribution < -0.4 is 20.3 Å². The monoisotopic (exact) mass is 486 g/mol. The number of allylic oxidation sites excluding steroid dienone is 2. The maximum atomic E-state index is 12.7. The molecule has 2 rings (SSSR count). The fourth-order valence-electron chi connectivity index (χ4n) is 3.02. The summed E-state index contributed by atoms with van der Waals surface area (Å²) in [6.07, 6.45) is 2.16. The molecule has 10 nitrogen and oxygen atoms in total. The Kier molecular flexibility index (Phi) is 11.3. The Hall–Kier alpha value is -3.86. The van der Waals surface area contributed by atoms with Crippen LogP contribution >= 0.6 is 0 Å². The highest BCUT2D eigenvalue weighted by molar-refractivity contribution is 5.87. The van der Waals surface area contributed by atoms with E-state index in [1.807, 2.05) is 0 Å². The minimum Gasteiger partial charge on any atom is -0.497 e. The highest BCUT2D eigenvalue weighted by Crippen LogP contribution is 2.27. The molecular formula is C25H30N2O8. The molecule has 0 aliphatic heterocycles. The van der Waals surface area contributed by atoms with E-state index < -0.39 is 24.2 Å². The van der Waals surface area contributed by atoms with E-state index in [0.29, 0.717) is 28.3 Å². The third kappa shape index (κ3) is 9.13. The zero-order valence-electron chi connectivity index (χ0n) is 19.8. The van der Waals surface area contributed by atoms with Crippen molar-refractivity contribution in [2.75, 3.05) is 32.8 Å². The number of hydrogen-bond acceptors (Lipinski definition) is 8. The summed E-state index contributed by atoms with van der Waals surface area (Å²) in [5.74, 6) is 0.516. The number of methoxy groups -OCH3 is 2. The van der Waals surface area contributed by atoms with E-state index in [0.717, 1.165) is 0 Å². The van der Waals surface area contributed by atoms with Gasteiger partial charge in [-0.25, -0.2) is 10.3 Å². The summed E-state index contributed by atoms with van der Waals surface area (Å²) < 4.78 is 21.8. The molecule has 0 spiro atoms. The molecule has 2 atom stereocenters. The topological polar surface area (TPSA) is 136 Å². The fraction of sp³-hybridized carbons (Fsp3) is 0.280. The Morgan fingerprint density at radius 3 is 2.26 bits per heavy atom. The molecule has 0 radical (unpaired) electrons. The van der Waals surface area contributed by atoms with Gasteiger partial charge in [-0.1, -0.05) is 24.3 Å². The van der Waals surface area contributed by atoms with Crippen LogP contribution in [0.3, 0.4) is 0 Å². The first kappa shape index (κ1) is 27.4. The van der Waals surface area contributed by atoms with Crippen molar-refractivity contribution in [3.8, 4) is 11.5 Å². The van der Waals surface area contributed by atoms with Crippen LogP contribution in [-0.4, -0.2) is 55.9 Å². The molecule has 0 bridgehead atoms. The van der Waals surface area contributed by atoms with Crippen LogP contribution in [0.15, 0.2) is 72.3 Å². The molecule has 0 aliphatic carbocycles. The van der Waals surface area contributed by atoms with E-state index in [9.17, 15) is 9.59 Å². The molecule has 0 fully saturated rings. The Morgan fingerprint density at radius 2 is 1.69 bits per heavy atom. The fourth-order valence-corrected chi connectivity index (χ4v) is 3.02. The lowest BCUT2D eigenvalue weighted by atomic mass is 10.0. The van der Waals surface area contributed by atoms with Crippen molar-refractivity contribution in [2.24, 2.45) is 0 Å². The number of hydroxylamine groups is 1. The van der Waals surface area contributed by atoms with Crippen molar-refractivity contribution in [3.05, 3.63) is 77.9 Å². The molecule has 188 valence electrons. The Balaban J connectivity index is 2.26. The lowest BCUT2D eigenvalue weighted by Crippen LogP contribution is -2.26. The Bertz CT molecular complexity index is 1000. The lowest BCUT2D eigenvalue weighted by molar-refractivity contribution is -0.124. The summed E-state index contributed by atoms with van der Waals surface area (Å²) in [4.78, 5) is 24.1. The van der Waals surface area contributed by atoms with Gasteiger partial charge in [0.2, 0.25) is 0 Å². The first-order chi connectivity index (χ1) is 16.9. The van der Waals surface area contributed by atoms with Gasteiger partial charge in [-0.3, -0.25) is 15.3 Å². The minimum absolute atomic E-state index is 0.114. The molecule has 0 saturated heterocycles. The van der Waals surface area contributed by atoms with Crippen LogP contribution in [0, 0.1) is 0 Å². The predicted octanol–water partition coefficient (Wildman–Crippen LogP) is 3.38. The second-order valence-corrected chi connectivity index (χ2v) is 7.24. The van der Waals surface area contributed by atoms with Gasteiger partial charge in [0.05, 0.1) is 13.7 Å². The first-order valence-corrected chi connectivity index (χ1v) is 10.7. The highest BCUT2D eigenvalue weighted by Gasteiger charge is 2.26. The molecule has 35 heavy (non-hydrogen) atoms. The molecular weight excluding hydrogens is 456 g/mol. The number of nitrogens with one attached hydrogen (secondary N) is 2. The van der Waals surface area contributed by atoms with E-state index in [4.69, 9.17) is 29.3 Å². The number of rotatable bonds is 12. The van der Waals surface area contributed by atoms with Crippen LogP contribution in [0.5, 0.6) is 11.5 Å². The average Bonchev–Trinajstić information content (AvgIpc) is 2.87. The van der Waals surface area contributed by atoms with Crippen LogP contribution in [0.2, 0.25) is 0 Å². The lowest BCUT2D eigenvalue weighted by Gasteiger charge is -2.25. The summed E-state index contributed by atoms with van der Waals surface area (Å²) in [5.41, 5.74) is 3.20. The SMILES string of the molecule is COc1ccc(NC(=O)O[C@H](c2ccc(OCCO)cc2)[C@@H](/C=C/C(C)=C/C(=O)NO)OC)cc1. The quantitative estimate of drug-likeness (QED) is 0.155. The third-order valence-corrected chi connectivity index (χ3v) is 4.73. The molecule has 10 heteroatoms. The van der Waals surface area contributed by atoms with Gasteiger partial charge in [0.15, 0.2) is 6.10 Å². The number of anilines is 1. The highest BCUT2D eigenvalue weighted by atomic mass is 16.6. The van der Waals surface area contributed by atoms with Gasteiger partial charge in [-0.15, -0.1) is 0 Å². The number of amides is 2. The van der Waals surface area contributed by atoms with E-state index in [-0.39, 0.29) is 13.2 Å². The van der Waals surface area contributed by atoms with E-state index in [1.54, 1.807) is 74.7 Å². The largest absolute Gasteiger partial charge is 0.497 e. The molecule has 2 aromatic carbocycles. The van der Waals surface area contributed by atoms with Crippen molar-refractivity contribution in [1.29, 1.82) is 0 Å². The zero-order valence-corrected chi connectivity index (χ0v) is 19.8. The summed E-state index contributed by atoms with van der Waals surface area (Å²) in [5, 5.41) is 20.3. The number of ether oxygens (including phenoxy) is 4. The predicted molar refractivity (Wildman–Crippen MR) is 128 cm³/mol. The van der Waals surface area contributed by atoms with Crippen LogP contribution in [0.4, 0.5) is 10.5 Å². The van der Waals surface area contributed by atoms with Crippen molar-refractivity contribution in [2.45, 2.75) is 19.1 Å². The molecule has 4 N–H and O–H groups in total. The average molecular weight is 487 g/mol. The van der Waals surface area contributed by atoms with Crippen LogP contribution in [0.25, 0.3) is 0 Å². The van der Waals surface area contributed by atoms with E-state index >= 15 is 0 Å². The van der Waals surface area contributed by atoms with Gasteiger partial charge in [-0.05, 0) is 54.5 Å². The second-order valence-electron chi connectivity index (χ2n) is 7.24. The smallest absolute Gasteiger partial charge is 0.412 e. The number of aliphatic hydroxyl groups excluding tert-OH is 1. The first-order valence-electron chi connectivity index (χ1n) is 10.7. The van der Waals surface area contributed by atoms with Crippen LogP contribution in [-0.2, 0) is 14.3 Å². The number of benzene rings is 2. The van der Waals surface area contributed by atoms with Gasteiger partial charge in [0.1, 0.15) is 24.2 Å². The molecule has 0 saturated carbocycles. The van der Waals surface area contributed by atoms with Crippen molar-refractivity contribution in [1.82, 2.24) is 5.48 Å². The molecule has 2 aromatic rings. The van der Waals surface area contributed by atoms with Gasteiger partial charge in [-0.2, -0.15) is 0 Å². The molecule has 0 aliphatic rings. The molecule has 0 heterocycles. The van der Waals surface area contributed by atoms with E-state index in [2.05, 4.69) is 5.32 Å². The van der Waals surface area contributed by atoms with Gasteiger partial charge >= 0.3 is 6.09 Å². The van der Waals surface area contributed by atoms with Crippen molar-refractivity contribution >= 4 is 17.7 Å². The normalized spacial score (nSPS) is 13.1. The minimum atomic E-state index is -0.860. The summed E-state index contributed by atoms with van der Waals surface area (Å²) in [6.45, 7) is 1.70. The molecule has 2 amide bonds. The Labute approximate surface area is 203 Å². The number of carbonyl (C=O) groups excluding carboxylic acids is 2. The second kappa shape index (κ2) is 14.4. The maximum Gasteiger partial charge on any atom is 0.412 e. The van der Waals surface area contributed by atoms with Gasteiger partial charge in [0.25, 0.3) is 5.91 Å². The van der Waals surface area contributed by atoms with Gasteiger partial charge in [0, 0.05) is 18.9 Å². The third-order valence-electron chi connectivity index (χ3n) is 4.73. The standard InChI is InChI=1S/C25H30N2O8/c1-17(16-23(29)27-31)4-13-22(33-3)24(18-5-9-21(10-6-18)34-15-14-28)35-25(30)26-19-7-11-20(32-2)12-8-19/h4-13,16,22,24,28,31H,14-15H2,1-3H3,(H,26,30)(H,27,29)/b13-4+,17-16+/t22-,24-/m1/s1. The van der Waals surface area contributed by atoms with Gasteiger partial charge < -0.3 is 24.1 Å². The maximum absolute atomic E-state index is 12.7. The summed E-state index contributed by atoms with van der Waals surface area (Å²) in [6, 6.07) is 13.6.